The van der Waals surface area contributed by atoms with E-state index in [2.05, 4.69) is 5.32 Å². The van der Waals surface area contributed by atoms with Gasteiger partial charge >= 0.3 is 5.97 Å². The van der Waals surface area contributed by atoms with Crippen LogP contribution < -0.4 is 14.8 Å². The largest absolute Gasteiger partial charge is 0.495 e. The van der Waals surface area contributed by atoms with Crippen LogP contribution >= 0.6 is 0 Å². The van der Waals surface area contributed by atoms with E-state index in [0.29, 0.717) is 22.7 Å². The van der Waals surface area contributed by atoms with Crippen molar-refractivity contribution in [1.29, 1.82) is 5.26 Å². The van der Waals surface area contributed by atoms with Crippen molar-refractivity contribution in [3.8, 4) is 17.6 Å². The van der Waals surface area contributed by atoms with Gasteiger partial charge in [0.1, 0.15) is 11.5 Å². The zero-order valence-electron chi connectivity index (χ0n) is 14.4. The summed E-state index contributed by atoms with van der Waals surface area (Å²) in [5.74, 6) is -0.226. The van der Waals surface area contributed by atoms with Gasteiger partial charge in [0.05, 0.1) is 24.4 Å². The van der Waals surface area contributed by atoms with E-state index in [1.54, 1.807) is 36.4 Å². The number of amides is 1. The van der Waals surface area contributed by atoms with Crippen LogP contribution in [0.2, 0.25) is 0 Å². The van der Waals surface area contributed by atoms with Gasteiger partial charge in [-0.25, -0.2) is 4.79 Å². The molecule has 7 nitrogen and oxygen atoms in total. The summed E-state index contributed by atoms with van der Waals surface area (Å²) in [5.41, 5.74) is 1.94. The van der Waals surface area contributed by atoms with Gasteiger partial charge in [-0.05, 0) is 48.9 Å². The molecular formula is C19H18N2O5. The Hall–Kier alpha value is -3.53. The van der Waals surface area contributed by atoms with Gasteiger partial charge in [0, 0.05) is 0 Å². The van der Waals surface area contributed by atoms with E-state index >= 15 is 0 Å². The smallest absolute Gasteiger partial charge is 0.344 e. The molecule has 0 heterocycles. The van der Waals surface area contributed by atoms with Crippen molar-refractivity contribution in [2.45, 2.75) is 6.92 Å². The number of aryl methyl sites for hydroxylation is 1. The number of methoxy groups -OCH3 is 1. The molecule has 26 heavy (non-hydrogen) atoms. The highest BCUT2D eigenvalue weighted by Gasteiger charge is 2.11. The molecule has 1 N–H and O–H groups in total. The van der Waals surface area contributed by atoms with Crippen LogP contribution in [0.1, 0.15) is 11.1 Å². The van der Waals surface area contributed by atoms with E-state index in [1.807, 2.05) is 19.1 Å². The molecule has 0 aliphatic heterocycles. The van der Waals surface area contributed by atoms with Gasteiger partial charge in [0.25, 0.3) is 5.91 Å². The maximum atomic E-state index is 11.9. The summed E-state index contributed by atoms with van der Waals surface area (Å²) in [6, 6.07) is 13.6. The van der Waals surface area contributed by atoms with Crippen LogP contribution in [0, 0.1) is 18.3 Å². The number of carbonyl (C=O) groups excluding carboxylic acids is 2. The van der Waals surface area contributed by atoms with Crippen molar-refractivity contribution in [2.75, 3.05) is 25.6 Å². The van der Waals surface area contributed by atoms with Crippen LogP contribution in [0.15, 0.2) is 42.5 Å². The van der Waals surface area contributed by atoms with Gasteiger partial charge in [0.2, 0.25) is 0 Å². The van der Waals surface area contributed by atoms with Crippen LogP contribution in [0.4, 0.5) is 5.69 Å². The molecule has 0 aliphatic rings. The quantitative estimate of drug-likeness (QED) is 0.767. The molecule has 134 valence electrons. The number of carbonyl (C=O) groups is 2. The van der Waals surface area contributed by atoms with Gasteiger partial charge < -0.3 is 19.5 Å². The van der Waals surface area contributed by atoms with E-state index in [0.717, 1.165) is 5.56 Å². The Morgan fingerprint density at radius 1 is 1.12 bits per heavy atom. The third-order valence-electron chi connectivity index (χ3n) is 3.33. The van der Waals surface area contributed by atoms with E-state index in [9.17, 15) is 9.59 Å². The van der Waals surface area contributed by atoms with Crippen LogP contribution in [0.5, 0.6) is 11.5 Å². The minimum Gasteiger partial charge on any atom is -0.495 e. The van der Waals surface area contributed by atoms with Crippen molar-refractivity contribution in [3.05, 3.63) is 53.6 Å². The predicted molar refractivity (Wildman–Crippen MR) is 94.0 cm³/mol. The van der Waals surface area contributed by atoms with Gasteiger partial charge in [-0.1, -0.05) is 6.07 Å². The molecule has 7 heteroatoms. The lowest BCUT2D eigenvalue weighted by Crippen LogP contribution is -2.23. The topological polar surface area (TPSA) is 97.7 Å². The summed E-state index contributed by atoms with van der Waals surface area (Å²) in [5, 5.41) is 11.3. The minimum absolute atomic E-state index is 0.340. The average Bonchev–Trinajstić information content (AvgIpc) is 2.65. The number of esters is 1. The fourth-order valence-electron chi connectivity index (χ4n) is 2.06. The molecule has 2 rings (SSSR count). The first-order valence-corrected chi connectivity index (χ1v) is 7.75. The Morgan fingerprint density at radius 2 is 1.85 bits per heavy atom. The Labute approximate surface area is 151 Å². The highest BCUT2D eigenvalue weighted by Crippen LogP contribution is 2.25. The number of nitrogens with zero attached hydrogens (tertiary/aromatic N) is 1. The third-order valence-corrected chi connectivity index (χ3v) is 3.33. The first kappa shape index (κ1) is 18.8. The van der Waals surface area contributed by atoms with E-state index in [-0.39, 0.29) is 6.61 Å². The second kappa shape index (κ2) is 9.08. The number of ether oxygens (including phenoxy) is 3. The standard InChI is InChI=1S/C19H18N2O5/c1-13-3-8-17(24-2)16(9-13)21-18(22)11-26-19(23)12-25-15-6-4-14(10-20)5-7-15/h3-9H,11-12H2,1-2H3,(H,21,22). The number of anilines is 1. The van der Waals surface area contributed by atoms with E-state index in [4.69, 9.17) is 19.5 Å². The SMILES string of the molecule is COc1ccc(C)cc1NC(=O)COC(=O)COc1ccc(C#N)cc1. The predicted octanol–water partition coefficient (Wildman–Crippen LogP) is 2.44. The molecule has 1 amide bonds. The molecule has 0 radical (unpaired) electrons. The monoisotopic (exact) mass is 354 g/mol. The lowest BCUT2D eigenvalue weighted by atomic mass is 10.2. The fraction of sp³-hybridized carbons (Fsp3) is 0.211. The van der Waals surface area contributed by atoms with Crippen LogP contribution in [0.25, 0.3) is 0 Å². The average molecular weight is 354 g/mol. The van der Waals surface area contributed by atoms with Crippen LogP contribution in [-0.4, -0.2) is 32.2 Å². The summed E-state index contributed by atoms with van der Waals surface area (Å²) in [7, 11) is 1.50. The molecule has 2 aromatic carbocycles. The molecule has 0 unspecified atom stereocenters. The lowest BCUT2D eigenvalue weighted by molar-refractivity contribution is -0.149. The maximum absolute atomic E-state index is 11.9. The second-order valence-corrected chi connectivity index (χ2v) is 5.34. The molecule has 0 saturated heterocycles. The van der Waals surface area contributed by atoms with Crippen molar-refractivity contribution in [1.82, 2.24) is 0 Å². The molecule has 0 saturated carbocycles. The summed E-state index contributed by atoms with van der Waals surface area (Å²) in [6.45, 7) is 1.11. The van der Waals surface area contributed by atoms with Gasteiger partial charge in [-0.2, -0.15) is 5.26 Å². The normalized spacial score (nSPS) is 9.73. The molecule has 2 aromatic rings. The van der Waals surface area contributed by atoms with E-state index in [1.165, 1.54) is 7.11 Å². The summed E-state index contributed by atoms with van der Waals surface area (Å²) >= 11 is 0. The molecule has 0 atom stereocenters. The second-order valence-electron chi connectivity index (χ2n) is 5.34. The Balaban J connectivity index is 1.78. The number of benzene rings is 2. The first-order valence-electron chi connectivity index (χ1n) is 7.75. The minimum atomic E-state index is -0.680. The lowest BCUT2D eigenvalue weighted by Gasteiger charge is -2.11. The first-order chi connectivity index (χ1) is 12.5. The Bertz CT molecular complexity index is 825. The van der Waals surface area contributed by atoms with Crippen LogP contribution in [0.3, 0.4) is 0 Å². The summed E-state index contributed by atoms with van der Waals surface area (Å²) < 4.78 is 15.3. The Kier molecular flexibility index (Phi) is 6.57. The number of hydrogen-bond donors (Lipinski definition) is 1. The molecular weight excluding hydrogens is 336 g/mol. The molecule has 0 fully saturated rings. The summed E-state index contributed by atoms with van der Waals surface area (Å²) in [4.78, 5) is 23.6. The zero-order valence-corrected chi connectivity index (χ0v) is 14.4. The molecule has 0 aliphatic carbocycles. The number of rotatable bonds is 7. The highest BCUT2D eigenvalue weighted by molar-refractivity contribution is 5.94. The van der Waals surface area contributed by atoms with Crippen molar-refractivity contribution in [2.24, 2.45) is 0 Å². The van der Waals surface area contributed by atoms with Crippen LogP contribution in [-0.2, 0) is 14.3 Å². The molecule has 0 aromatic heterocycles. The van der Waals surface area contributed by atoms with Gasteiger partial charge in [-0.15, -0.1) is 0 Å². The highest BCUT2D eigenvalue weighted by atomic mass is 16.6. The Morgan fingerprint density at radius 3 is 2.50 bits per heavy atom. The summed E-state index contributed by atoms with van der Waals surface area (Å²) in [6.07, 6.45) is 0. The maximum Gasteiger partial charge on any atom is 0.344 e. The number of hydrogen-bond acceptors (Lipinski definition) is 6. The number of nitrogens with one attached hydrogen (secondary N) is 1. The molecule has 0 bridgehead atoms. The van der Waals surface area contributed by atoms with Crippen molar-refractivity contribution >= 4 is 17.6 Å². The zero-order chi connectivity index (χ0) is 18.9. The van der Waals surface area contributed by atoms with E-state index < -0.39 is 18.5 Å². The van der Waals surface area contributed by atoms with Crippen molar-refractivity contribution in [3.63, 3.8) is 0 Å². The van der Waals surface area contributed by atoms with Crippen molar-refractivity contribution < 1.29 is 23.8 Å². The molecule has 0 spiro atoms. The van der Waals surface area contributed by atoms with Gasteiger partial charge in [0.15, 0.2) is 13.2 Å². The third kappa shape index (κ3) is 5.53. The fourth-order valence-corrected chi connectivity index (χ4v) is 2.06. The number of nitriles is 1. The van der Waals surface area contributed by atoms with Gasteiger partial charge in [-0.3, -0.25) is 4.79 Å².